The van der Waals surface area contributed by atoms with Crippen molar-refractivity contribution in [2.45, 2.75) is 57.7 Å². The van der Waals surface area contributed by atoms with Gasteiger partial charge in [-0.2, -0.15) is 0 Å². The number of aliphatic hydroxyl groups is 1. The van der Waals surface area contributed by atoms with Crippen LogP contribution in [0.15, 0.2) is 0 Å². The summed E-state index contributed by atoms with van der Waals surface area (Å²) >= 11 is 0. The molecule has 0 radical (unpaired) electrons. The highest BCUT2D eigenvalue weighted by atomic mass is 16.4. The van der Waals surface area contributed by atoms with Crippen LogP contribution in [0.1, 0.15) is 39.5 Å². The van der Waals surface area contributed by atoms with Crippen LogP contribution < -0.4 is 22.1 Å². The first-order valence-electron chi connectivity index (χ1n) is 8.18. The van der Waals surface area contributed by atoms with Crippen LogP contribution >= 0.6 is 0 Å². The normalized spacial score (nSPS) is 15.9. The van der Waals surface area contributed by atoms with Crippen LogP contribution in [0.4, 0.5) is 0 Å². The van der Waals surface area contributed by atoms with E-state index >= 15 is 0 Å². The monoisotopic (exact) mass is 346 g/mol. The Hall–Kier alpha value is -1.71. The summed E-state index contributed by atoms with van der Waals surface area (Å²) < 4.78 is 0. The van der Waals surface area contributed by atoms with Crippen LogP contribution in [0.3, 0.4) is 0 Å². The second-order valence-corrected chi connectivity index (χ2v) is 5.84. The molecule has 0 fully saturated rings. The Morgan fingerprint density at radius 3 is 2.12 bits per heavy atom. The van der Waals surface area contributed by atoms with Crippen LogP contribution in [-0.4, -0.2) is 59.3 Å². The van der Waals surface area contributed by atoms with E-state index < -0.39 is 42.5 Å². The molecule has 0 heterocycles. The summed E-state index contributed by atoms with van der Waals surface area (Å²) in [4.78, 5) is 35.3. The molecule has 2 amide bonds. The number of carboxylic acid groups (broad SMARTS) is 1. The predicted octanol–water partition coefficient (Wildman–Crippen LogP) is -1.46. The van der Waals surface area contributed by atoms with Gasteiger partial charge in [0.1, 0.15) is 12.1 Å². The lowest BCUT2D eigenvalue weighted by molar-refractivity contribution is -0.142. The third kappa shape index (κ3) is 7.71. The van der Waals surface area contributed by atoms with Gasteiger partial charge in [-0.3, -0.25) is 9.59 Å². The summed E-state index contributed by atoms with van der Waals surface area (Å²) in [6.07, 6.45) is 2.09. The number of carbonyl (C=O) groups excluding carboxylic acids is 2. The third-order valence-corrected chi connectivity index (χ3v) is 3.94. The Balaban J connectivity index is 4.71. The van der Waals surface area contributed by atoms with E-state index in [4.69, 9.17) is 16.6 Å². The molecule has 0 rings (SSSR count). The maximum Gasteiger partial charge on any atom is 0.326 e. The number of nitrogens with one attached hydrogen (secondary N) is 2. The lowest BCUT2D eigenvalue weighted by Crippen LogP contribution is -2.56. The number of hydrogen-bond acceptors (Lipinski definition) is 6. The van der Waals surface area contributed by atoms with Gasteiger partial charge in [0.25, 0.3) is 0 Å². The van der Waals surface area contributed by atoms with Gasteiger partial charge in [0.2, 0.25) is 11.8 Å². The minimum Gasteiger partial charge on any atom is -0.480 e. The van der Waals surface area contributed by atoms with Crippen LogP contribution in [0, 0.1) is 5.92 Å². The molecule has 0 aromatic rings. The maximum atomic E-state index is 12.1. The Kier molecular flexibility index (Phi) is 10.9. The number of carboxylic acids is 1. The number of aliphatic carboxylic acids is 1. The van der Waals surface area contributed by atoms with E-state index in [-0.39, 0.29) is 12.3 Å². The molecule has 0 saturated heterocycles. The van der Waals surface area contributed by atoms with Crippen molar-refractivity contribution in [3.8, 4) is 0 Å². The van der Waals surface area contributed by atoms with E-state index in [2.05, 4.69) is 10.6 Å². The number of carbonyl (C=O) groups is 3. The average molecular weight is 346 g/mol. The van der Waals surface area contributed by atoms with Crippen molar-refractivity contribution in [1.29, 1.82) is 0 Å². The summed E-state index contributed by atoms with van der Waals surface area (Å²) in [6.45, 7) is 3.46. The van der Waals surface area contributed by atoms with Crippen molar-refractivity contribution >= 4 is 17.8 Å². The van der Waals surface area contributed by atoms with Crippen LogP contribution in [-0.2, 0) is 14.4 Å². The molecular weight excluding hydrogens is 316 g/mol. The Bertz CT molecular complexity index is 419. The largest absolute Gasteiger partial charge is 0.480 e. The molecule has 0 aromatic heterocycles. The molecular formula is C15H30N4O5. The Labute approximate surface area is 142 Å². The molecule has 24 heavy (non-hydrogen) atoms. The van der Waals surface area contributed by atoms with Crippen molar-refractivity contribution in [2.75, 3.05) is 13.2 Å². The number of amides is 2. The first-order chi connectivity index (χ1) is 11.3. The van der Waals surface area contributed by atoms with Crippen molar-refractivity contribution < 1.29 is 24.6 Å². The molecule has 9 heteroatoms. The molecule has 0 aliphatic carbocycles. The van der Waals surface area contributed by atoms with E-state index in [1.165, 1.54) is 0 Å². The van der Waals surface area contributed by atoms with Gasteiger partial charge in [-0.1, -0.05) is 20.3 Å². The van der Waals surface area contributed by atoms with Gasteiger partial charge in [-0.15, -0.1) is 0 Å². The molecule has 8 N–H and O–H groups in total. The fraction of sp³-hybridized carbons (Fsp3) is 0.800. The van der Waals surface area contributed by atoms with Crippen molar-refractivity contribution in [2.24, 2.45) is 17.4 Å². The van der Waals surface area contributed by atoms with Gasteiger partial charge < -0.3 is 32.3 Å². The highest BCUT2D eigenvalue weighted by molar-refractivity contribution is 5.91. The van der Waals surface area contributed by atoms with Gasteiger partial charge in [0, 0.05) is 0 Å². The zero-order valence-corrected chi connectivity index (χ0v) is 14.3. The number of hydrogen-bond donors (Lipinski definition) is 6. The molecule has 9 nitrogen and oxygen atoms in total. The zero-order chi connectivity index (χ0) is 18.7. The predicted molar refractivity (Wildman–Crippen MR) is 88.9 cm³/mol. The lowest BCUT2D eigenvalue weighted by atomic mass is 9.99. The highest BCUT2D eigenvalue weighted by Crippen LogP contribution is 2.06. The zero-order valence-electron chi connectivity index (χ0n) is 14.3. The van der Waals surface area contributed by atoms with E-state index in [0.717, 1.165) is 0 Å². The number of aliphatic hydroxyl groups excluding tert-OH is 1. The van der Waals surface area contributed by atoms with Gasteiger partial charge in [0.05, 0.1) is 12.6 Å². The summed E-state index contributed by atoms with van der Waals surface area (Å²) in [5.74, 6) is -2.59. The number of nitrogens with two attached hydrogens (primary N) is 2. The van der Waals surface area contributed by atoms with Gasteiger partial charge in [0.15, 0.2) is 0 Å². The average Bonchev–Trinajstić information content (AvgIpc) is 2.56. The molecule has 140 valence electrons. The van der Waals surface area contributed by atoms with E-state index in [9.17, 15) is 19.5 Å². The van der Waals surface area contributed by atoms with Gasteiger partial charge in [-0.05, 0) is 31.7 Å². The number of unbranched alkanes of at least 4 members (excludes halogenated alkanes) is 1. The fourth-order valence-corrected chi connectivity index (χ4v) is 2.00. The second-order valence-electron chi connectivity index (χ2n) is 5.84. The first kappa shape index (κ1) is 22.3. The Morgan fingerprint density at radius 2 is 1.67 bits per heavy atom. The molecule has 4 unspecified atom stereocenters. The highest BCUT2D eigenvalue weighted by Gasteiger charge is 2.28. The summed E-state index contributed by atoms with van der Waals surface area (Å²) in [7, 11) is 0. The van der Waals surface area contributed by atoms with Gasteiger partial charge in [-0.25, -0.2) is 4.79 Å². The van der Waals surface area contributed by atoms with E-state index in [1.54, 1.807) is 6.92 Å². The maximum absolute atomic E-state index is 12.1. The minimum atomic E-state index is -1.25. The first-order valence-corrected chi connectivity index (χ1v) is 8.18. The minimum absolute atomic E-state index is 0.0876. The topological polar surface area (TPSA) is 168 Å². The second kappa shape index (κ2) is 11.8. The van der Waals surface area contributed by atoms with E-state index in [1.807, 2.05) is 6.92 Å². The van der Waals surface area contributed by atoms with Crippen molar-refractivity contribution in [3.05, 3.63) is 0 Å². The standard InChI is InChI=1S/C15H30N4O5/c1-3-9(2)12(17)14(22)19-11(8-20)13(21)18-10(15(23)24)6-4-5-7-16/h9-12,20H,3-8,16-17H2,1-2H3,(H,18,21)(H,19,22)(H,23,24). The van der Waals surface area contributed by atoms with Gasteiger partial charge >= 0.3 is 5.97 Å². The molecule has 0 aliphatic heterocycles. The fourth-order valence-electron chi connectivity index (χ4n) is 2.00. The van der Waals surface area contributed by atoms with Crippen LogP contribution in [0.5, 0.6) is 0 Å². The smallest absolute Gasteiger partial charge is 0.326 e. The SMILES string of the molecule is CCC(C)C(N)C(=O)NC(CO)C(=O)NC(CCCCN)C(=O)O. The number of rotatable bonds is 12. The third-order valence-electron chi connectivity index (χ3n) is 3.94. The lowest BCUT2D eigenvalue weighted by Gasteiger charge is -2.23. The van der Waals surface area contributed by atoms with E-state index in [0.29, 0.717) is 25.8 Å². The Morgan fingerprint density at radius 1 is 1.08 bits per heavy atom. The molecule has 0 aromatic carbocycles. The summed E-state index contributed by atoms with van der Waals surface area (Å²) in [5, 5.41) is 23.1. The summed E-state index contributed by atoms with van der Waals surface area (Å²) in [6, 6.07) is -3.15. The molecule has 0 spiro atoms. The molecule has 0 saturated carbocycles. The van der Waals surface area contributed by atoms with Crippen LogP contribution in [0.2, 0.25) is 0 Å². The van der Waals surface area contributed by atoms with Crippen molar-refractivity contribution in [1.82, 2.24) is 10.6 Å². The van der Waals surface area contributed by atoms with Crippen molar-refractivity contribution in [3.63, 3.8) is 0 Å². The molecule has 0 bridgehead atoms. The summed E-state index contributed by atoms with van der Waals surface area (Å²) in [5.41, 5.74) is 11.1. The molecule has 0 aliphatic rings. The molecule has 4 atom stereocenters. The van der Waals surface area contributed by atoms with Crippen LogP contribution in [0.25, 0.3) is 0 Å². The quantitative estimate of drug-likeness (QED) is 0.235.